The highest BCUT2D eigenvalue weighted by Gasteiger charge is 2.09. The molecule has 0 radical (unpaired) electrons. The van der Waals surface area contributed by atoms with Crippen LogP contribution >= 0.6 is 15.9 Å². The maximum atomic E-state index is 11.9. The lowest BCUT2D eigenvalue weighted by Gasteiger charge is -2.10. The van der Waals surface area contributed by atoms with Gasteiger partial charge in [0.25, 0.3) is 5.56 Å². The molecule has 1 aromatic rings. The van der Waals surface area contributed by atoms with E-state index < -0.39 is 10.0 Å². The zero-order valence-electron chi connectivity index (χ0n) is 11.0. The molecule has 0 unspecified atom stereocenters. The lowest BCUT2D eigenvalue weighted by molar-refractivity contribution is 0.181. The molecule has 0 aliphatic carbocycles. The minimum atomic E-state index is -3.46. The van der Waals surface area contributed by atoms with Crippen LogP contribution in [0.1, 0.15) is 6.42 Å². The van der Waals surface area contributed by atoms with Crippen molar-refractivity contribution in [2.24, 2.45) is 5.14 Å². The number of aromatic nitrogens is 2. The molecular formula is C10H17BrN4O4S. The molecule has 0 aromatic carbocycles. The van der Waals surface area contributed by atoms with E-state index in [1.165, 1.54) is 10.9 Å². The largest absolute Gasteiger partial charge is 0.383 e. The maximum Gasteiger partial charge on any atom is 0.283 e. The molecule has 20 heavy (non-hydrogen) atoms. The van der Waals surface area contributed by atoms with Gasteiger partial charge in [-0.05, 0) is 22.4 Å². The Labute approximate surface area is 125 Å². The summed E-state index contributed by atoms with van der Waals surface area (Å²) in [5, 5.41) is 11.8. The van der Waals surface area contributed by atoms with Gasteiger partial charge in [-0.1, -0.05) is 0 Å². The van der Waals surface area contributed by atoms with Crippen LogP contribution in [-0.2, 0) is 21.3 Å². The molecule has 3 N–H and O–H groups in total. The van der Waals surface area contributed by atoms with Crippen molar-refractivity contribution in [3.05, 3.63) is 21.0 Å². The summed E-state index contributed by atoms with van der Waals surface area (Å²) in [5.74, 6) is -0.115. The van der Waals surface area contributed by atoms with Gasteiger partial charge >= 0.3 is 0 Å². The normalized spacial score (nSPS) is 11.6. The highest BCUT2D eigenvalue weighted by molar-refractivity contribution is 9.10. The molecule has 114 valence electrons. The minimum Gasteiger partial charge on any atom is -0.383 e. The van der Waals surface area contributed by atoms with Crippen molar-refractivity contribution in [1.29, 1.82) is 0 Å². The smallest absolute Gasteiger partial charge is 0.283 e. The molecule has 8 nitrogen and oxygen atoms in total. The second kappa shape index (κ2) is 7.72. The first-order valence-corrected chi connectivity index (χ1v) is 8.35. The SMILES string of the molecule is COCCn1ncc(NCCCS(N)(=O)=O)c(Br)c1=O. The first-order chi connectivity index (χ1) is 9.35. The highest BCUT2D eigenvalue weighted by atomic mass is 79.9. The third kappa shape index (κ3) is 5.57. The van der Waals surface area contributed by atoms with E-state index in [0.29, 0.717) is 36.3 Å². The number of halogens is 1. The van der Waals surface area contributed by atoms with Gasteiger partial charge in [-0.15, -0.1) is 0 Å². The Morgan fingerprint density at radius 3 is 2.85 bits per heavy atom. The average molecular weight is 369 g/mol. The summed E-state index contributed by atoms with van der Waals surface area (Å²) < 4.78 is 28.1. The molecule has 0 bridgehead atoms. The fraction of sp³-hybridized carbons (Fsp3) is 0.600. The first-order valence-electron chi connectivity index (χ1n) is 5.84. The highest BCUT2D eigenvalue weighted by Crippen LogP contribution is 2.15. The fourth-order valence-corrected chi connectivity index (χ4v) is 2.42. The van der Waals surface area contributed by atoms with Gasteiger partial charge in [0.2, 0.25) is 10.0 Å². The summed E-state index contributed by atoms with van der Waals surface area (Å²) in [4.78, 5) is 11.9. The number of methoxy groups -OCH3 is 1. The molecular weight excluding hydrogens is 352 g/mol. The summed E-state index contributed by atoms with van der Waals surface area (Å²) in [7, 11) is -1.92. The number of primary sulfonamides is 1. The molecule has 0 spiro atoms. The van der Waals surface area contributed by atoms with Crippen LogP contribution in [0.3, 0.4) is 0 Å². The molecule has 1 aromatic heterocycles. The van der Waals surface area contributed by atoms with E-state index in [1.54, 1.807) is 7.11 Å². The Balaban J connectivity index is 2.64. The molecule has 0 atom stereocenters. The van der Waals surface area contributed by atoms with Crippen LogP contribution in [-0.4, -0.2) is 44.2 Å². The Morgan fingerprint density at radius 2 is 2.25 bits per heavy atom. The van der Waals surface area contributed by atoms with Crippen LogP contribution in [0.2, 0.25) is 0 Å². The number of hydrogen-bond acceptors (Lipinski definition) is 6. The molecule has 0 fully saturated rings. The van der Waals surface area contributed by atoms with E-state index in [-0.39, 0.29) is 11.3 Å². The summed E-state index contributed by atoms with van der Waals surface area (Å²) in [6.07, 6.45) is 1.84. The second-order valence-corrected chi connectivity index (χ2v) is 6.57. The predicted octanol–water partition coefficient (Wildman–Crippen LogP) is -0.257. The van der Waals surface area contributed by atoms with Crippen molar-refractivity contribution >= 4 is 31.6 Å². The minimum absolute atomic E-state index is 0.115. The molecule has 0 saturated heterocycles. The monoisotopic (exact) mass is 368 g/mol. The third-order valence-corrected chi connectivity index (χ3v) is 4.04. The van der Waals surface area contributed by atoms with E-state index in [4.69, 9.17) is 9.88 Å². The number of hydrogen-bond donors (Lipinski definition) is 2. The van der Waals surface area contributed by atoms with E-state index in [1.807, 2.05) is 0 Å². The standard InChI is InChI=1S/C10H17BrN4O4S/c1-19-5-4-15-10(16)9(11)8(7-14-15)13-3-2-6-20(12,17)18/h7,13H,2-6H2,1H3,(H2,12,17,18). The van der Waals surface area contributed by atoms with E-state index >= 15 is 0 Å². The number of nitrogens with one attached hydrogen (secondary N) is 1. The Hall–Kier alpha value is -0.970. The number of ether oxygens (including phenoxy) is 1. The number of rotatable bonds is 8. The van der Waals surface area contributed by atoms with E-state index in [9.17, 15) is 13.2 Å². The third-order valence-electron chi connectivity index (χ3n) is 2.41. The van der Waals surface area contributed by atoms with Gasteiger partial charge in [-0.25, -0.2) is 18.2 Å². The zero-order valence-corrected chi connectivity index (χ0v) is 13.4. The van der Waals surface area contributed by atoms with E-state index in [2.05, 4.69) is 26.3 Å². The molecule has 0 amide bonds. The number of nitrogens with zero attached hydrogens (tertiary/aromatic N) is 2. The molecule has 1 heterocycles. The average Bonchev–Trinajstić information content (AvgIpc) is 2.37. The van der Waals surface area contributed by atoms with Crippen molar-refractivity contribution in [1.82, 2.24) is 9.78 Å². The second-order valence-electron chi connectivity index (χ2n) is 4.04. The molecule has 1 rings (SSSR count). The predicted molar refractivity (Wildman–Crippen MR) is 79.2 cm³/mol. The van der Waals surface area contributed by atoms with Crippen molar-refractivity contribution in [3.63, 3.8) is 0 Å². The fourth-order valence-electron chi connectivity index (χ4n) is 1.42. The first kappa shape index (κ1) is 17.1. The molecule has 10 heteroatoms. The zero-order chi connectivity index (χ0) is 15.2. The van der Waals surface area contributed by atoms with Crippen molar-refractivity contribution in [3.8, 4) is 0 Å². The summed E-state index contributed by atoms with van der Waals surface area (Å²) in [6.45, 7) is 1.12. The topological polar surface area (TPSA) is 116 Å². The van der Waals surface area contributed by atoms with Gasteiger partial charge in [0.15, 0.2) is 0 Å². The van der Waals surface area contributed by atoms with Crippen LogP contribution in [0.25, 0.3) is 0 Å². The Morgan fingerprint density at radius 1 is 1.55 bits per heavy atom. The Bertz CT molecular complexity index is 602. The summed E-state index contributed by atoms with van der Waals surface area (Å²) in [5.41, 5.74) is 0.233. The van der Waals surface area contributed by atoms with Crippen LogP contribution < -0.4 is 16.0 Å². The number of sulfonamides is 1. The van der Waals surface area contributed by atoms with Crippen LogP contribution in [0, 0.1) is 0 Å². The molecule has 0 aliphatic rings. The lowest BCUT2D eigenvalue weighted by atomic mass is 10.4. The number of anilines is 1. The van der Waals surface area contributed by atoms with Crippen LogP contribution in [0.5, 0.6) is 0 Å². The quantitative estimate of drug-likeness (QED) is 0.610. The number of nitrogens with two attached hydrogens (primary N) is 1. The lowest BCUT2D eigenvalue weighted by Crippen LogP contribution is -2.26. The van der Waals surface area contributed by atoms with Crippen molar-refractivity contribution < 1.29 is 13.2 Å². The van der Waals surface area contributed by atoms with Gasteiger partial charge in [-0.3, -0.25) is 4.79 Å². The van der Waals surface area contributed by atoms with Gasteiger partial charge in [0.1, 0.15) is 4.47 Å². The van der Waals surface area contributed by atoms with Gasteiger partial charge in [0.05, 0.1) is 30.8 Å². The van der Waals surface area contributed by atoms with Crippen molar-refractivity contribution in [2.45, 2.75) is 13.0 Å². The maximum absolute atomic E-state index is 11.9. The van der Waals surface area contributed by atoms with E-state index in [0.717, 1.165) is 0 Å². The summed E-state index contributed by atoms with van der Waals surface area (Å²) >= 11 is 3.19. The molecule has 0 aliphatic heterocycles. The Kier molecular flexibility index (Phi) is 6.59. The van der Waals surface area contributed by atoms with Crippen LogP contribution in [0.4, 0.5) is 5.69 Å². The van der Waals surface area contributed by atoms with Crippen molar-refractivity contribution in [2.75, 3.05) is 31.3 Å². The molecule has 0 saturated carbocycles. The van der Waals surface area contributed by atoms with Gasteiger partial charge in [-0.2, -0.15) is 5.10 Å². The van der Waals surface area contributed by atoms with Crippen LogP contribution in [0.15, 0.2) is 15.5 Å². The summed E-state index contributed by atoms with van der Waals surface area (Å²) in [6, 6.07) is 0. The van der Waals surface area contributed by atoms with Gasteiger partial charge < -0.3 is 10.1 Å². The van der Waals surface area contributed by atoms with Gasteiger partial charge in [0, 0.05) is 13.7 Å².